The smallest absolute Gasteiger partial charge is 0.122 e. The van der Waals surface area contributed by atoms with Crippen LogP contribution in [0, 0.1) is 0 Å². The molecule has 1 atom stereocenters. The summed E-state index contributed by atoms with van der Waals surface area (Å²) < 4.78 is 5.79. The molecule has 0 amide bonds. The van der Waals surface area contributed by atoms with Crippen molar-refractivity contribution in [2.75, 3.05) is 7.05 Å². The maximum absolute atomic E-state index is 5.79. The van der Waals surface area contributed by atoms with Crippen molar-refractivity contribution >= 4 is 0 Å². The molecule has 0 aliphatic rings. The van der Waals surface area contributed by atoms with Gasteiger partial charge in [0.1, 0.15) is 5.75 Å². The van der Waals surface area contributed by atoms with Crippen LogP contribution >= 0.6 is 0 Å². The van der Waals surface area contributed by atoms with Crippen LogP contribution in [0.25, 0.3) is 0 Å². The summed E-state index contributed by atoms with van der Waals surface area (Å²) in [5.74, 6) is 1.03. The molecule has 0 aliphatic carbocycles. The predicted molar refractivity (Wildman–Crippen MR) is 69.0 cm³/mol. The highest BCUT2D eigenvalue weighted by Crippen LogP contribution is 2.21. The van der Waals surface area contributed by atoms with Crippen LogP contribution in [0.3, 0.4) is 0 Å². The predicted octanol–water partition coefficient (Wildman–Crippen LogP) is 3.01. The monoisotopic (exact) mass is 221 g/mol. The van der Waals surface area contributed by atoms with E-state index in [0.29, 0.717) is 6.04 Å². The van der Waals surface area contributed by atoms with Crippen molar-refractivity contribution in [2.24, 2.45) is 0 Å². The van der Waals surface area contributed by atoms with Crippen molar-refractivity contribution in [2.45, 2.75) is 45.8 Å². The molecular formula is C14H23NO. The first kappa shape index (κ1) is 13.0. The van der Waals surface area contributed by atoms with Gasteiger partial charge in [-0.15, -0.1) is 0 Å². The van der Waals surface area contributed by atoms with Crippen LogP contribution in [-0.4, -0.2) is 19.2 Å². The van der Waals surface area contributed by atoms with Gasteiger partial charge in [0.25, 0.3) is 0 Å². The van der Waals surface area contributed by atoms with Gasteiger partial charge in [-0.05, 0) is 52.3 Å². The molecule has 0 spiro atoms. The Bertz CT molecular complexity index is 309. The second kappa shape index (κ2) is 6.54. The second-order valence-electron chi connectivity index (χ2n) is 4.50. The lowest BCUT2D eigenvalue weighted by Gasteiger charge is -2.15. The lowest BCUT2D eigenvalue weighted by atomic mass is 10.1. The maximum Gasteiger partial charge on any atom is 0.122 e. The molecule has 0 heterocycles. The van der Waals surface area contributed by atoms with Gasteiger partial charge in [-0.25, -0.2) is 0 Å². The Labute approximate surface area is 99.0 Å². The van der Waals surface area contributed by atoms with E-state index in [-0.39, 0.29) is 6.10 Å². The molecule has 0 saturated carbocycles. The van der Waals surface area contributed by atoms with Crippen LogP contribution < -0.4 is 10.1 Å². The molecule has 0 radical (unpaired) electrons. The molecule has 0 fully saturated rings. The van der Waals surface area contributed by atoms with Gasteiger partial charge >= 0.3 is 0 Å². The van der Waals surface area contributed by atoms with Gasteiger partial charge in [-0.2, -0.15) is 0 Å². The third kappa shape index (κ3) is 4.23. The minimum Gasteiger partial charge on any atom is -0.491 e. The highest BCUT2D eigenvalue weighted by molar-refractivity contribution is 5.33. The molecule has 2 nitrogen and oxygen atoms in total. The Hall–Kier alpha value is -1.02. The number of para-hydroxylation sites is 1. The molecule has 0 aliphatic heterocycles. The number of hydrogen-bond acceptors (Lipinski definition) is 2. The first-order chi connectivity index (χ1) is 7.63. The van der Waals surface area contributed by atoms with Crippen molar-refractivity contribution in [1.29, 1.82) is 0 Å². The van der Waals surface area contributed by atoms with E-state index in [1.165, 1.54) is 5.56 Å². The van der Waals surface area contributed by atoms with Crippen LogP contribution in [0.5, 0.6) is 5.75 Å². The highest BCUT2D eigenvalue weighted by atomic mass is 16.5. The number of aryl methyl sites for hydroxylation is 1. The molecule has 16 heavy (non-hydrogen) atoms. The molecule has 0 aromatic heterocycles. The van der Waals surface area contributed by atoms with E-state index < -0.39 is 0 Å². The number of rotatable bonds is 6. The zero-order valence-corrected chi connectivity index (χ0v) is 10.8. The van der Waals surface area contributed by atoms with Gasteiger partial charge in [0.15, 0.2) is 0 Å². The minimum atomic E-state index is 0.239. The third-order valence-electron chi connectivity index (χ3n) is 2.67. The summed E-state index contributed by atoms with van der Waals surface area (Å²) in [6, 6.07) is 8.86. The fraction of sp³-hybridized carbons (Fsp3) is 0.571. The summed E-state index contributed by atoms with van der Waals surface area (Å²) in [5, 5.41) is 3.25. The number of hydrogen-bond donors (Lipinski definition) is 1. The van der Waals surface area contributed by atoms with E-state index in [1.54, 1.807) is 0 Å². The van der Waals surface area contributed by atoms with Crippen LogP contribution in [-0.2, 0) is 6.42 Å². The Morgan fingerprint density at radius 1 is 1.19 bits per heavy atom. The molecule has 0 bridgehead atoms. The standard InChI is InChI=1S/C14H23NO/c1-11(2)16-14-8-6-5-7-13(14)10-9-12(3)15-4/h5-8,11-12,15H,9-10H2,1-4H3. The molecule has 1 aromatic rings. The molecule has 0 saturated heterocycles. The molecule has 1 unspecified atom stereocenters. The van der Waals surface area contributed by atoms with Crippen molar-refractivity contribution in [3.63, 3.8) is 0 Å². The first-order valence-electron chi connectivity index (χ1n) is 6.05. The maximum atomic E-state index is 5.79. The number of nitrogens with one attached hydrogen (secondary N) is 1. The largest absolute Gasteiger partial charge is 0.491 e. The van der Waals surface area contributed by atoms with E-state index in [2.05, 4.69) is 44.3 Å². The quantitative estimate of drug-likeness (QED) is 0.797. The van der Waals surface area contributed by atoms with Crippen LogP contribution in [0.4, 0.5) is 0 Å². The van der Waals surface area contributed by atoms with E-state index in [1.807, 2.05) is 13.1 Å². The van der Waals surface area contributed by atoms with Gasteiger partial charge < -0.3 is 10.1 Å². The Morgan fingerprint density at radius 3 is 2.50 bits per heavy atom. The van der Waals surface area contributed by atoms with E-state index in [0.717, 1.165) is 18.6 Å². The van der Waals surface area contributed by atoms with Crippen LogP contribution in [0.2, 0.25) is 0 Å². The van der Waals surface area contributed by atoms with Crippen molar-refractivity contribution < 1.29 is 4.74 Å². The average Bonchev–Trinajstić information content (AvgIpc) is 2.26. The molecule has 2 heteroatoms. The van der Waals surface area contributed by atoms with Crippen molar-refractivity contribution in [3.8, 4) is 5.75 Å². The van der Waals surface area contributed by atoms with Gasteiger partial charge in [0, 0.05) is 6.04 Å². The summed E-state index contributed by atoms with van der Waals surface area (Å²) >= 11 is 0. The van der Waals surface area contributed by atoms with Gasteiger partial charge in [-0.1, -0.05) is 18.2 Å². The van der Waals surface area contributed by atoms with E-state index in [4.69, 9.17) is 4.74 Å². The normalized spacial score (nSPS) is 12.8. The Morgan fingerprint density at radius 2 is 1.88 bits per heavy atom. The zero-order valence-electron chi connectivity index (χ0n) is 10.8. The zero-order chi connectivity index (χ0) is 12.0. The van der Waals surface area contributed by atoms with E-state index >= 15 is 0 Å². The molecular weight excluding hydrogens is 198 g/mol. The van der Waals surface area contributed by atoms with Gasteiger partial charge in [-0.3, -0.25) is 0 Å². The lowest BCUT2D eigenvalue weighted by Crippen LogP contribution is -2.21. The van der Waals surface area contributed by atoms with Crippen molar-refractivity contribution in [3.05, 3.63) is 29.8 Å². The topological polar surface area (TPSA) is 21.3 Å². The molecule has 1 rings (SSSR count). The van der Waals surface area contributed by atoms with Gasteiger partial charge in [0.2, 0.25) is 0 Å². The van der Waals surface area contributed by atoms with E-state index in [9.17, 15) is 0 Å². The van der Waals surface area contributed by atoms with Crippen LogP contribution in [0.1, 0.15) is 32.8 Å². The molecule has 90 valence electrons. The fourth-order valence-electron chi connectivity index (χ4n) is 1.60. The number of ether oxygens (including phenoxy) is 1. The SMILES string of the molecule is CNC(C)CCc1ccccc1OC(C)C. The first-order valence-corrected chi connectivity index (χ1v) is 6.05. The second-order valence-corrected chi connectivity index (χ2v) is 4.50. The molecule has 1 N–H and O–H groups in total. The summed E-state index contributed by atoms with van der Waals surface area (Å²) in [5.41, 5.74) is 1.30. The van der Waals surface area contributed by atoms with Crippen molar-refractivity contribution in [1.82, 2.24) is 5.32 Å². The Kier molecular flexibility index (Phi) is 5.33. The average molecular weight is 221 g/mol. The molecule has 1 aromatic carbocycles. The lowest BCUT2D eigenvalue weighted by molar-refractivity contribution is 0.239. The Balaban J connectivity index is 2.63. The fourth-order valence-corrected chi connectivity index (χ4v) is 1.60. The number of benzene rings is 1. The summed E-state index contributed by atoms with van der Waals surface area (Å²) in [6.45, 7) is 6.33. The summed E-state index contributed by atoms with van der Waals surface area (Å²) in [4.78, 5) is 0. The third-order valence-corrected chi connectivity index (χ3v) is 2.67. The van der Waals surface area contributed by atoms with Crippen LogP contribution in [0.15, 0.2) is 24.3 Å². The minimum absolute atomic E-state index is 0.239. The highest BCUT2D eigenvalue weighted by Gasteiger charge is 2.06. The summed E-state index contributed by atoms with van der Waals surface area (Å²) in [6.07, 6.45) is 2.43. The van der Waals surface area contributed by atoms with Gasteiger partial charge in [0.05, 0.1) is 6.10 Å². The summed E-state index contributed by atoms with van der Waals surface area (Å²) in [7, 11) is 2.00.